The van der Waals surface area contributed by atoms with Crippen molar-refractivity contribution in [2.75, 3.05) is 19.8 Å². The summed E-state index contributed by atoms with van der Waals surface area (Å²) in [6.07, 6.45) is -0.131. The first kappa shape index (κ1) is 25.2. The molecular formula is C19H36O9. The van der Waals surface area contributed by atoms with E-state index in [1.54, 1.807) is 0 Å². The number of hydrogen-bond donors (Lipinski definition) is 5. The van der Waals surface area contributed by atoms with Gasteiger partial charge in [0, 0.05) is 6.42 Å². The Kier molecular flexibility index (Phi) is 12.8. The van der Waals surface area contributed by atoms with E-state index < -0.39 is 43.4 Å². The number of aliphatic hydroxyl groups excluding tert-OH is 5. The summed E-state index contributed by atoms with van der Waals surface area (Å²) in [6.45, 7) is 1.03. The number of esters is 1. The smallest absolute Gasteiger partial charge is 0.305 e. The largest absolute Gasteiger partial charge is 0.463 e. The van der Waals surface area contributed by atoms with E-state index in [0.717, 1.165) is 19.3 Å². The van der Waals surface area contributed by atoms with Crippen molar-refractivity contribution in [1.82, 2.24) is 0 Å². The van der Waals surface area contributed by atoms with Crippen molar-refractivity contribution in [2.45, 2.75) is 95.1 Å². The van der Waals surface area contributed by atoms with Gasteiger partial charge in [0.2, 0.25) is 0 Å². The molecule has 1 fully saturated rings. The molecule has 1 unspecified atom stereocenters. The highest BCUT2D eigenvalue weighted by Gasteiger charge is 2.44. The summed E-state index contributed by atoms with van der Waals surface area (Å²) < 4.78 is 15.3. The summed E-state index contributed by atoms with van der Waals surface area (Å²) in [5.41, 5.74) is 0. The number of hydrogen-bond acceptors (Lipinski definition) is 9. The Labute approximate surface area is 166 Å². The summed E-state index contributed by atoms with van der Waals surface area (Å²) >= 11 is 0. The van der Waals surface area contributed by atoms with Gasteiger partial charge < -0.3 is 39.7 Å². The van der Waals surface area contributed by atoms with Crippen molar-refractivity contribution in [3.63, 3.8) is 0 Å². The lowest BCUT2D eigenvalue weighted by Gasteiger charge is -2.39. The second-order valence-electron chi connectivity index (χ2n) is 7.24. The van der Waals surface area contributed by atoms with Gasteiger partial charge in [0.05, 0.1) is 13.2 Å². The van der Waals surface area contributed by atoms with Gasteiger partial charge in [0.25, 0.3) is 0 Å². The van der Waals surface area contributed by atoms with Gasteiger partial charge in [-0.15, -0.1) is 0 Å². The van der Waals surface area contributed by atoms with Gasteiger partial charge in [-0.05, 0) is 6.42 Å². The molecule has 6 atom stereocenters. The third-order valence-corrected chi connectivity index (χ3v) is 4.72. The van der Waals surface area contributed by atoms with Crippen LogP contribution in [0.1, 0.15) is 58.3 Å². The standard InChI is InChI=1S/C19H36O9/c1-2-3-4-5-6-7-8-9-15(22)26-11-13(21)12-27-19-18(25)17(24)16(23)14(10-20)28-19/h13-14,16-21,23-25H,2-12H2,1H3/t13?,14-,16+,17+,18-,19-/m1/s1. The lowest BCUT2D eigenvalue weighted by molar-refractivity contribution is -0.305. The van der Waals surface area contributed by atoms with Gasteiger partial charge in [-0.2, -0.15) is 0 Å². The Morgan fingerprint density at radius 3 is 2.25 bits per heavy atom. The molecule has 9 nitrogen and oxygen atoms in total. The molecule has 1 saturated heterocycles. The van der Waals surface area contributed by atoms with E-state index in [4.69, 9.17) is 19.3 Å². The highest BCUT2D eigenvalue weighted by atomic mass is 16.7. The van der Waals surface area contributed by atoms with Crippen LogP contribution in [0.2, 0.25) is 0 Å². The Bertz CT molecular complexity index is 418. The van der Waals surface area contributed by atoms with Crippen LogP contribution in [0.3, 0.4) is 0 Å². The molecule has 1 rings (SSSR count). The molecule has 1 aliphatic heterocycles. The van der Waals surface area contributed by atoms with E-state index in [0.29, 0.717) is 6.42 Å². The molecule has 5 N–H and O–H groups in total. The van der Waals surface area contributed by atoms with E-state index in [1.807, 2.05) is 0 Å². The summed E-state index contributed by atoms with van der Waals surface area (Å²) in [7, 11) is 0. The van der Waals surface area contributed by atoms with Crippen LogP contribution in [0.15, 0.2) is 0 Å². The van der Waals surface area contributed by atoms with Crippen LogP contribution >= 0.6 is 0 Å². The molecule has 0 saturated carbocycles. The zero-order chi connectivity index (χ0) is 20.9. The lowest BCUT2D eigenvalue weighted by atomic mass is 9.99. The number of carbonyl (C=O) groups excluding carboxylic acids is 1. The average Bonchev–Trinajstić information content (AvgIpc) is 2.69. The lowest BCUT2D eigenvalue weighted by Crippen LogP contribution is -2.59. The van der Waals surface area contributed by atoms with Gasteiger partial charge in [-0.3, -0.25) is 4.79 Å². The molecule has 166 valence electrons. The highest BCUT2D eigenvalue weighted by Crippen LogP contribution is 2.22. The summed E-state index contributed by atoms with van der Waals surface area (Å²) in [4.78, 5) is 11.7. The molecule has 0 aromatic rings. The number of carbonyl (C=O) groups is 1. The van der Waals surface area contributed by atoms with E-state index >= 15 is 0 Å². The van der Waals surface area contributed by atoms with Crippen LogP contribution in [0, 0.1) is 0 Å². The molecule has 1 aliphatic rings. The third kappa shape index (κ3) is 9.13. The van der Waals surface area contributed by atoms with Crippen LogP contribution in [0.4, 0.5) is 0 Å². The van der Waals surface area contributed by atoms with E-state index in [1.165, 1.54) is 25.7 Å². The first-order chi connectivity index (χ1) is 13.4. The Morgan fingerprint density at radius 1 is 0.964 bits per heavy atom. The van der Waals surface area contributed by atoms with E-state index in [-0.39, 0.29) is 19.2 Å². The molecule has 0 aliphatic carbocycles. The number of unbranched alkanes of at least 4 members (excludes halogenated alkanes) is 6. The molecule has 1 heterocycles. The quantitative estimate of drug-likeness (QED) is 0.196. The van der Waals surface area contributed by atoms with Crippen molar-refractivity contribution < 1.29 is 44.5 Å². The van der Waals surface area contributed by atoms with Gasteiger partial charge >= 0.3 is 5.97 Å². The predicted molar refractivity (Wildman–Crippen MR) is 99.3 cm³/mol. The highest BCUT2D eigenvalue weighted by molar-refractivity contribution is 5.69. The minimum atomic E-state index is -1.55. The van der Waals surface area contributed by atoms with Crippen LogP contribution < -0.4 is 0 Å². The fourth-order valence-corrected chi connectivity index (χ4v) is 2.95. The second-order valence-corrected chi connectivity index (χ2v) is 7.24. The molecule has 0 radical (unpaired) electrons. The fraction of sp³-hybridized carbons (Fsp3) is 0.947. The van der Waals surface area contributed by atoms with Gasteiger partial charge in [0.1, 0.15) is 37.1 Å². The Morgan fingerprint density at radius 2 is 1.61 bits per heavy atom. The van der Waals surface area contributed by atoms with Crippen molar-refractivity contribution in [3.8, 4) is 0 Å². The summed E-state index contributed by atoms with van der Waals surface area (Å²) in [5.74, 6) is -0.388. The maximum atomic E-state index is 11.7. The van der Waals surface area contributed by atoms with E-state index in [2.05, 4.69) is 6.92 Å². The molecule has 0 bridgehead atoms. The second kappa shape index (κ2) is 14.2. The van der Waals surface area contributed by atoms with Crippen LogP contribution in [-0.4, -0.2) is 88.1 Å². The normalized spacial score (nSPS) is 28.9. The predicted octanol–water partition coefficient (Wildman–Crippen LogP) is -0.152. The summed E-state index contributed by atoms with van der Waals surface area (Å²) in [6, 6.07) is 0. The maximum absolute atomic E-state index is 11.7. The average molecular weight is 408 g/mol. The molecule has 0 aromatic carbocycles. The van der Waals surface area contributed by atoms with Gasteiger partial charge in [0.15, 0.2) is 6.29 Å². The molecule has 28 heavy (non-hydrogen) atoms. The topological polar surface area (TPSA) is 146 Å². The van der Waals surface area contributed by atoms with E-state index in [9.17, 15) is 25.2 Å². The van der Waals surface area contributed by atoms with Crippen molar-refractivity contribution >= 4 is 5.97 Å². The third-order valence-electron chi connectivity index (χ3n) is 4.72. The number of aliphatic hydroxyl groups is 5. The Balaban J connectivity index is 2.15. The zero-order valence-corrected chi connectivity index (χ0v) is 16.6. The minimum absolute atomic E-state index is 0.257. The SMILES string of the molecule is CCCCCCCCCC(=O)OCC(O)CO[C@@H]1O[C@H](CO)[C@H](O)[C@H](O)[C@H]1O. The first-order valence-corrected chi connectivity index (χ1v) is 10.2. The maximum Gasteiger partial charge on any atom is 0.305 e. The number of rotatable bonds is 14. The van der Waals surface area contributed by atoms with Crippen molar-refractivity contribution in [2.24, 2.45) is 0 Å². The molecule has 0 aromatic heterocycles. The van der Waals surface area contributed by atoms with Crippen LogP contribution in [-0.2, 0) is 19.0 Å². The molecule has 9 heteroatoms. The monoisotopic (exact) mass is 408 g/mol. The zero-order valence-electron chi connectivity index (χ0n) is 16.6. The molecule has 0 spiro atoms. The minimum Gasteiger partial charge on any atom is -0.463 e. The van der Waals surface area contributed by atoms with Crippen molar-refractivity contribution in [1.29, 1.82) is 0 Å². The van der Waals surface area contributed by atoms with Gasteiger partial charge in [-0.1, -0.05) is 45.4 Å². The van der Waals surface area contributed by atoms with Crippen LogP contribution in [0.25, 0.3) is 0 Å². The fourth-order valence-electron chi connectivity index (χ4n) is 2.95. The first-order valence-electron chi connectivity index (χ1n) is 10.2. The van der Waals surface area contributed by atoms with Gasteiger partial charge in [-0.25, -0.2) is 0 Å². The number of ether oxygens (including phenoxy) is 3. The summed E-state index contributed by atoms with van der Waals surface area (Å²) in [5, 5.41) is 48.1. The van der Waals surface area contributed by atoms with Crippen molar-refractivity contribution in [3.05, 3.63) is 0 Å². The molecular weight excluding hydrogens is 372 g/mol. The van der Waals surface area contributed by atoms with Crippen LogP contribution in [0.5, 0.6) is 0 Å². The molecule has 0 amide bonds. The Hall–Kier alpha value is -0.810.